The molecule has 1 heterocycles. The highest BCUT2D eigenvalue weighted by Crippen LogP contribution is 2.32. The smallest absolute Gasteiger partial charge is 0.245 e. The van der Waals surface area contributed by atoms with Gasteiger partial charge in [-0.05, 0) is 44.0 Å². The van der Waals surface area contributed by atoms with E-state index in [0.717, 1.165) is 30.2 Å². The van der Waals surface area contributed by atoms with Gasteiger partial charge in [0.05, 0.1) is 5.52 Å². The largest absolute Gasteiger partial charge is 0.324 e. The second kappa shape index (κ2) is 8.16. The van der Waals surface area contributed by atoms with Gasteiger partial charge in [-0.15, -0.1) is 0 Å². The molecule has 6 nitrogen and oxygen atoms in total. The van der Waals surface area contributed by atoms with Gasteiger partial charge in [-0.3, -0.25) is 9.78 Å². The van der Waals surface area contributed by atoms with E-state index in [0.29, 0.717) is 24.0 Å². The summed E-state index contributed by atoms with van der Waals surface area (Å²) in [7, 11) is -3.96. The summed E-state index contributed by atoms with van der Waals surface area (Å²) in [4.78, 5) is 17.6. The molecule has 2 N–H and O–H groups in total. The van der Waals surface area contributed by atoms with Gasteiger partial charge in [0.15, 0.2) is 0 Å². The number of para-hydroxylation sites is 1. The zero-order valence-electron chi connectivity index (χ0n) is 16.9. The highest BCUT2D eigenvalue weighted by atomic mass is 32.2. The van der Waals surface area contributed by atoms with E-state index in [2.05, 4.69) is 15.0 Å². The number of hydrogen-bond acceptors (Lipinski definition) is 4. The summed E-state index contributed by atoms with van der Waals surface area (Å²) in [5.41, 5.74) is 0.961. The van der Waals surface area contributed by atoms with Crippen LogP contribution in [0.15, 0.2) is 65.7 Å². The maximum absolute atomic E-state index is 13.4. The summed E-state index contributed by atoms with van der Waals surface area (Å²) < 4.78 is 29.5. The Labute approximate surface area is 176 Å². The van der Waals surface area contributed by atoms with Gasteiger partial charge < -0.3 is 5.32 Å². The van der Waals surface area contributed by atoms with Crippen LogP contribution < -0.4 is 10.0 Å². The Bertz CT molecular complexity index is 1160. The number of nitrogens with zero attached hydrogens (tertiary/aromatic N) is 1. The number of fused-ring (bicyclic) bond motifs is 1. The summed E-state index contributed by atoms with van der Waals surface area (Å²) in [6.07, 6.45) is 5.05. The molecule has 1 saturated carbocycles. The van der Waals surface area contributed by atoms with Crippen molar-refractivity contribution in [3.63, 3.8) is 0 Å². The van der Waals surface area contributed by atoms with Crippen LogP contribution in [0.25, 0.3) is 10.9 Å². The van der Waals surface area contributed by atoms with Gasteiger partial charge in [0.1, 0.15) is 10.4 Å². The van der Waals surface area contributed by atoms with Crippen molar-refractivity contribution in [3.8, 4) is 0 Å². The Balaban J connectivity index is 1.68. The number of nitrogens with one attached hydrogen (secondary N) is 2. The molecule has 0 radical (unpaired) electrons. The third kappa shape index (κ3) is 4.08. The van der Waals surface area contributed by atoms with Crippen LogP contribution >= 0.6 is 0 Å². The molecule has 1 aliphatic carbocycles. The second-order valence-electron chi connectivity index (χ2n) is 7.90. The third-order valence-electron chi connectivity index (χ3n) is 5.67. The molecule has 4 rings (SSSR count). The molecule has 0 spiro atoms. The van der Waals surface area contributed by atoms with Crippen molar-refractivity contribution in [1.82, 2.24) is 9.71 Å². The van der Waals surface area contributed by atoms with E-state index in [1.807, 2.05) is 43.3 Å². The fraction of sp³-hybridized carbons (Fsp3) is 0.304. The number of amides is 1. The molecule has 2 aromatic carbocycles. The summed E-state index contributed by atoms with van der Waals surface area (Å²) >= 11 is 0. The predicted molar refractivity (Wildman–Crippen MR) is 118 cm³/mol. The van der Waals surface area contributed by atoms with E-state index in [9.17, 15) is 13.2 Å². The van der Waals surface area contributed by atoms with Crippen molar-refractivity contribution in [2.45, 2.75) is 49.5 Å². The van der Waals surface area contributed by atoms with Gasteiger partial charge >= 0.3 is 0 Å². The Morgan fingerprint density at radius 2 is 1.67 bits per heavy atom. The zero-order valence-corrected chi connectivity index (χ0v) is 17.7. The molecule has 0 bridgehead atoms. The minimum absolute atomic E-state index is 0.0914. The topological polar surface area (TPSA) is 88.2 Å². The van der Waals surface area contributed by atoms with Crippen LogP contribution in [0.5, 0.6) is 0 Å². The standard InChI is InChI=1S/C23H25N3O3S/c1-17-10-12-19(13-11-17)25-22(27)23(14-3-2-4-15-23)26-30(28,29)20-9-5-7-18-8-6-16-24-21(18)20/h5-13,16,26H,2-4,14-15H2,1H3,(H,25,27). The molecule has 0 unspecified atom stereocenters. The Hall–Kier alpha value is -2.77. The van der Waals surface area contributed by atoms with Crippen molar-refractivity contribution in [1.29, 1.82) is 0 Å². The quantitative estimate of drug-likeness (QED) is 0.645. The Morgan fingerprint density at radius 1 is 0.967 bits per heavy atom. The Morgan fingerprint density at radius 3 is 2.40 bits per heavy atom. The lowest BCUT2D eigenvalue weighted by atomic mass is 9.82. The van der Waals surface area contributed by atoms with Crippen molar-refractivity contribution in [2.24, 2.45) is 0 Å². The molecule has 1 aliphatic rings. The minimum atomic E-state index is -3.96. The zero-order chi connectivity index (χ0) is 21.2. The normalized spacial score (nSPS) is 16.3. The van der Waals surface area contributed by atoms with Crippen molar-refractivity contribution in [2.75, 3.05) is 5.32 Å². The van der Waals surface area contributed by atoms with Crippen LogP contribution in [0.4, 0.5) is 5.69 Å². The van der Waals surface area contributed by atoms with Gasteiger partial charge in [-0.25, -0.2) is 8.42 Å². The average Bonchev–Trinajstić information content (AvgIpc) is 2.75. The Kier molecular flexibility index (Phi) is 5.58. The number of aromatic nitrogens is 1. The van der Waals surface area contributed by atoms with E-state index in [1.54, 1.807) is 18.3 Å². The predicted octanol–water partition coefficient (Wildman–Crippen LogP) is 4.16. The van der Waals surface area contributed by atoms with Gasteiger partial charge in [-0.1, -0.05) is 55.2 Å². The maximum Gasteiger partial charge on any atom is 0.245 e. The number of rotatable bonds is 5. The number of sulfonamides is 1. The molecule has 7 heteroatoms. The number of carbonyl (C=O) groups excluding carboxylic acids is 1. The first-order valence-corrected chi connectivity index (χ1v) is 11.6. The van der Waals surface area contributed by atoms with E-state index < -0.39 is 15.6 Å². The van der Waals surface area contributed by atoms with Crippen molar-refractivity contribution in [3.05, 3.63) is 66.4 Å². The number of hydrogen-bond donors (Lipinski definition) is 2. The molecular weight excluding hydrogens is 398 g/mol. The van der Waals surface area contributed by atoms with E-state index in [-0.39, 0.29) is 10.8 Å². The van der Waals surface area contributed by atoms with Gasteiger partial charge in [-0.2, -0.15) is 4.72 Å². The minimum Gasteiger partial charge on any atom is -0.324 e. The number of aryl methyl sites for hydroxylation is 1. The highest BCUT2D eigenvalue weighted by molar-refractivity contribution is 7.89. The van der Waals surface area contributed by atoms with Crippen LogP contribution in [-0.4, -0.2) is 24.8 Å². The molecule has 0 saturated heterocycles. The van der Waals surface area contributed by atoms with Crippen LogP contribution in [0.3, 0.4) is 0 Å². The van der Waals surface area contributed by atoms with Crippen LogP contribution in [-0.2, 0) is 14.8 Å². The first-order valence-electron chi connectivity index (χ1n) is 10.2. The number of carbonyl (C=O) groups is 1. The van der Waals surface area contributed by atoms with Gasteiger partial charge in [0.25, 0.3) is 0 Å². The molecule has 1 fully saturated rings. The molecular formula is C23H25N3O3S. The molecule has 0 aliphatic heterocycles. The molecule has 0 atom stereocenters. The molecule has 156 valence electrons. The summed E-state index contributed by atoms with van der Waals surface area (Å²) in [5, 5.41) is 3.65. The van der Waals surface area contributed by atoms with Crippen LogP contribution in [0, 0.1) is 6.92 Å². The van der Waals surface area contributed by atoms with Crippen LogP contribution in [0.1, 0.15) is 37.7 Å². The second-order valence-corrected chi connectivity index (χ2v) is 9.55. The van der Waals surface area contributed by atoms with Crippen molar-refractivity contribution < 1.29 is 13.2 Å². The average molecular weight is 424 g/mol. The maximum atomic E-state index is 13.4. The SMILES string of the molecule is Cc1ccc(NC(=O)C2(NS(=O)(=O)c3cccc4cccnc34)CCCCC2)cc1. The molecule has 3 aromatic rings. The fourth-order valence-electron chi connectivity index (χ4n) is 4.02. The highest BCUT2D eigenvalue weighted by Gasteiger charge is 2.43. The monoisotopic (exact) mass is 423 g/mol. The number of pyridine rings is 1. The molecule has 1 amide bonds. The summed E-state index contributed by atoms with van der Waals surface area (Å²) in [6, 6.07) is 16.1. The fourth-order valence-corrected chi connectivity index (χ4v) is 5.63. The van der Waals surface area contributed by atoms with E-state index in [4.69, 9.17) is 0 Å². The first kappa shape index (κ1) is 20.5. The molecule has 1 aromatic heterocycles. The lowest BCUT2D eigenvalue weighted by Crippen LogP contribution is -2.57. The van der Waals surface area contributed by atoms with Gasteiger partial charge in [0.2, 0.25) is 15.9 Å². The summed E-state index contributed by atoms with van der Waals surface area (Å²) in [6.45, 7) is 1.97. The number of anilines is 1. The van der Waals surface area contributed by atoms with Crippen molar-refractivity contribution >= 4 is 32.5 Å². The molecule has 30 heavy (non-hydrogen) atoms. The lowest BCUT2D eigenvalue weighted by Gasteiger charge is -2.36. The van der Waals surface area contributed by atoms with E-state index in [1.165, 1.54) is 6.07 Å². The van der Waals surface area contributed by atoms with Gasteiger partial charge in [0, 0.05) is 17.3 Å². The van der Waals surface area contributed by atoms with Crippen LogP contribution in [0.2, 0.25) is 0 Å². The lowest BCUT2D eigenvalue weighted by molar-refractivity contribution is -0.122. The summed E-state index contributed by atoms with van der Waals surface area (Å²) in [5.74, 6) is -0.317. The number of benzene rings is 2. The van der Waals surface area contributed by atoms with E-state index >= 15 is 0 Å². The first-order chi connectivity index (χ1) is 14.4. The third-order valence-corrected chi connectivity index (χ3v) is 7.23.